The van der Waals surface area contributed by atoms with Gasteiger partial charge in [-0.2, -0.15) is 0 Å². The first kappa shape index (κ1) is 8.08. The van der Waals surface area contributed by atoms with Crippen LogP contribution in [0.25, 0.3) is 10.8 Å². The van der Waals surface area contributed by atoms with Crippen LogP contribution in [-0.2, 0) is 0 Å². The molecule has 0 aromatic heterocycles. The Hall–Kier alpha value is -1.54. The molecule has 2 heteroatoms. The molecule has 0 unspecified atom stereocenters. The molecule has 2 nitrogen and oxygen atoms in total. The lowest BCUT2D eigenvalue weighted by Gasteiger charge is -2.04. The topological polar surface area (TPSA) is 29.5 Å². The summed E-state index contributed by atoms with van der Waals surface area (Å²) in [5.74, 6) is 0.667. The van der Waals surface area contributed by atoms with Crippen molar-refractivity contribution in [1.82, 2.24) is 0 Å². The molecule has 2 rings (SSSR count). The van der Waals surface area contributed by atoms with E-state index in [1.54, 1.807) is 0 Å². The second-order valence-corrected chi connectivity index (χ2v) is 2.70. The number of hydrogen-bond donors (Lipinski definition) is 1. The fourth-order valence-corrected chi connectivity index (χ4v) is 1.36. The zero-order valence-electron chi connectivity index (χ0n) is 6.97. The molecule has 0 aliphatic rings. The van der Waals surface area contributed by atoms with Crippen molar-refractivity contribution in [3.63, 3.8) is 0 Å². The third-order valence-corrected chi connectivity index (χ3v) is 1.93. The standard InChI is InChI=1S/C11H9O2/c12-8-13-11-7-3-5-9-4-1-2-6-10(9)11/h1-8,12H. The number of aliphatic hydroxyl groups excluding tert-OH is 1. The van der Waals surface area contributed by atoms with Crippen LogP contribution in [0.3, 0.4) is 0 Å². The van der Waals surface area contributed by atoms with Gasteiger partial charge >= 0.3 is 0 Å². The second-order valence-electron chi connectivity index (χ2n) is 2.70. The first-order chi connectivity index (χ1) is 6.42. The van der Waals surface area contributed by atoms with Gasteiger partial charge in [-0.25, -0.2) is 0 Å². The molecule has 0 fully saturated rings. The van der Waals surface area contributed by atoms with Crippen LogP contribution >= 0.6 is 0 Å². The quantitative estimate of drug-likeness (QED) is 0.756. The molecule has 1 radical (unpaired) electrons. The maximum Gasteiger partial charge on any atom is 0.260 e. The van der Waals surface area contributed by atoms with Gasteiger partial charge < -0.3 is 9.84 Å². The van der Waals surface area contributed by atoms with E-state index in [-0.39, 0.29) is 0 Å². The molecule has 65 valence electrons. The predicted molar refractivity (Wildman–Crippen MR) is 50.8 cm³/mol. The fraction of sp³-hybridized carbons (Fsp3) is 0. The van der Waals surface area contributed by atoms with Crippen molar-refractivity contribution in [2.24, 2.45) is 0 Å². The van der Waals surface area contributed by atoms with Gasteiger partial charge in [-0.15, -0.1) is 0 Å². The maximum atomic E-state index is 8.53. The van der Waals surface area contributed by atoms with Crippen molar-refractivity contribution in [2.75, 3.05) is 0 Å². The Morgan fingerprint density at radius 2 is 1.77 bits per heavy atom. The third-order valence-electron chi connectivity index (χ3n) is 1.93. The van der Waals surface area contributed by atoms with Crippen LogP contribution in [0.4, 0.5) is 0 Å². The monoisotopic (exact) mass is 173 g/mol. The smallest absolute Gasteiger partial charge is 0.260 e. The number of benzene rings is 2. The molecule has 1 N–H and O–H groups in total. The largest absolute Gasteiger partial charge is 0.458 e. The zero-order valence-corrected chi connectivity index (χ0v) is 6.97. The van der Waals surface area contributed by atoms with Gasteiger partial charge in [-0.05, 0) is 11.5 Å². The van der Waals surface area contributed by atoms with E-state index < -0.39 is 0 Å². The average molecular weight is 173 g/mol. The SMILES string of the molecule is O[CH]Oc1cccc2ccccc12. The molecule has 2 aromatic carbocycles. The molecule has 2 aromatic rings. The minimum Gasteiger partial charge on any atom is -0.458 e. The Morgan fingerprint density at radius 1 is 1.00 bits per heavy atom. The Bertz CT molecular complexity index is 404. The molecular weight excluding hydrogens is 164 g/mol. The lowest BCUT2D eigenvalue weighted by Crippen LogP contribution is -1.88. The van der Waals surface area contributed by atoms with Crippen LogP contribution in [0.1, 0.15) is 0 Å². The Morgan fingerprint density at radius 3 is 2.62 bits per heavy atom. The molecule has 0 bridgehead atoms. The van der Waals surface area contributed by atoms with Crippen molar-refractivity contribution in [3.05, 3.63) is 49.3 Å². The van der Waals surface area contributed by atoms with Crippen LogP contribution in [0, 0.1) is 6.79 Å². The highest BCUT2D eigenvalue weighted by Gasteiger charge is 1.99. The highest BCUT2D eigenvalue weighted by atomic mass is 16.6. The van der Waals surface area contributed by atoms with E-state index in [9.17, 15) is 0 Å². The van der Waals surface area contributed by atoms with Crippen LogP contribution in [0.5, 0.6) is 5.75 Å². The van der Waals surface area contributed by atoms with Gasteiger partial charge in [-0.1, -0.05) is 36.4 Å². The van der Waals surface area contributed by atoms with Crippen molar-refractivity contribution < 1.29 is 9.84 Å². The summed E-state index contributed by atoms with van der Waals surface area (Å²) < 4.78 is 4.95. The third kappa shape index (κ3) is 1.48. The number of fused-ring (bicyclic) bond motifs is 1. The van der Waals surface area contributed by atoms with Crippen molar-refractivity contribution in [2.45, 2.75) is 0 Å². The van der Waals surface area contributed by atoms with E-state index in [0.717, 1.165) is 10.8 Å². The first-order valence-corrected chi connectivity index (χ1v) is 4.02. The highest BCUT2D eigenvalue weighted by molar-refractivity contribution is 5.88. The van der Waals surface area contributed by atoms with Gasteiger partial charge in [0.25, 0.3) is 6.79 Å². The van der Waals surface area contributed by atoms with Gasteiger partial charge in [0.2, 0.25) is 0 Å². The molecule has 0 aliphatic heterocycles. The predicted octanol–water partition coefficient (Wildman–Crippen LogP) is 2.71. The van der Waals surface area contributed by atoms with E-state index in [0.29, 0.717) is 12.5 Å². The van der Waals surface area contributed by atoms with E-state index in [4.69, 9.17) is 9.84 Å². The maximum absolute atomic E-state index is 8.53. The Kier molecular flexibility index (Phi) is 2.15. The van der Waals surface area contributed by atoms with Gasteiger partial charge in [0.05, 0.1) is 0 Å². The van der Waals surface area contributed by atoms with Crippen LogP contribution < -0.4 is 4.74 Å². The number of rotatable bonds is 2. The summed E-state index contributed by atoms with van der Waals surface area (Å²) >= 11 is 0. The number of hydrogen-bond acceptors (Lipinski definition) is 2. The Labute approximate surface area is 76.4 Å². The summed E-state index contributed by atoms with van der Waals surface area (Å²) in [7, 11) is 0. The summed E-state index contributed by atoms with van der Waals surface area (Å²) in [5, 5.41) is 10.6. The van der Waals surface area contributed by atoms with Gasteiger partial charge in [0.15, 0.2) is 0 Å². The fourth-order valence-electron chi connectivity index (χ4n) is 1.36. The van der Waals surface area contributed by atoms with Gasteiger partial charge in [-0.3, -0.25) is 0 Å². The number of ether oxygens (including phenoxy) is 1. The van der Waals surface area contributed by atoms with Gasteiger partial charge in [0.1, 0.15) is 5.75 Å². The molecule has 0 atom stereocenters. The van der Waals surface area contributed by atoms with E-state index >= 15 is 0 Å². The summed E-state index contributed by atoms with van der Waals surface area (Å²) in [4.78, 5) is 0. The molecule has 0 spiro atoms. The minimum atomic E-state index is 0.667. The van der Waals surface area contributed by atoms with Crippen molar-refractivity contribution in [1.29, 1.82) is 0 Å². The molecule has 0 saturated carbocycles. The summed E-state index contributed by atoms with van der Waals surface area (Å²) in [5.41, 5.74) is 0. The lowest BCUT2D eigenvalue weighted by molar-refractivity contribution is 0.193. The van der Waals surface area contributed by atoms with Crippen LogP contribution in [0.2, 0.25) is 0 Å². The van der Waals surface area contributed by atoms with E-state index in [1.807, 2.05) is 42.5 Å². The molecule has 0 saturated heterocycles. The molecule has 0 heterocycles. The van der Waals surface area contributed by atoms with E-state index in [2.05, 4.69) is 0 Å². The summed E-state index contributed by atoms with van der Waals surface area (Å²) in [6, 6.07) is 13.6. The molecular formula is C11H9O2. The molecule has 0 amide bonds. The van der Waals surface area contributed by atoms with Crippen molar-refractivity contribution in [3.8, 4) is 5.75 Å². The van der Waals surface area contributed by atoms with Crippen LogP contribution in [-0.4, -0.2) is 5.11 Å². The van der Waals surface area contributed by atoms with Crippen molar-refractivity contribution >= 4 is 10.8 Å². The first-order valence-electron chi connectivity index (χ1n) is 4.02. The normalized spacial score (nSPS) is 10.2. The average Bonchev–Trinajstić information content (AvgIpc) is 2.19. The minimum absolute atomic E-state index is 0.667. The summed E-state index contributed by atoms with van der Waals surface area (Å²) in [6.45, 7) is 0.696. The highest BCUT2D eigenvalue weighted by Crippen LogP contribution is 2.25. The Balaban J connectivity index is 2.61. The number of aliphatic hydroxyl groups is 1. The molecule has 0 aliphatic carbocycles. The van der Waals surface area contributed by atoms with Crippen LogP contribution in [0.15, 0.2) is 42.5 Å². The van der Waals surface area contributed by atoms with E-state index in [1.165, 1.54) is 0 Å². The second kappa shape index (κ2) is 3.46. The van der Waals surface area contributed by atoms with Gasteiger partial charge in [0, 0.05) is 5.39 Å². The molecule has 13 heavy (non-hydrogen) atoms. The summed E-state index contributed by atoms with van der Waals surface area (Å²) in [6.07, 6.45) is 0. The lowest BCUT2D eigenvalue weighted by atomic mass is 10.1. The zero-order chi connectivity index (χ0) is 9.10.